The number of carbonyl (C=O) groups excluding carboxylic acids is 1. The molecule has 0 aliphatic heterocycles. The van der Waals surface area contributed by atoms with Crippen LogP contribution in [0.4, 0.5) is 0 Å². The van der Waals surface area contributed by atoms with E-state index in [4.69, 9.17) is 9.84 Å². The van der Waals surface area contributed by atoms with Gasteiger partial charge >= 0.3 is 5.97 Å². The lowest BCUT2D eigenvalue weighted by Crippen LogP contribution is -2.37. The van der Waals surface area contributed by atoms with Crippen LogP contribution in [-0.2, 0) is 14.3 Å². The highest BCUT2D eigenvalue weighted by molar-refractivity contribution is 5.80. The molecular weight excluding hydrogens is 282 g/mol. The Labute approximate surface area is 131 Å². The molecule has 1 atom stereocenters. The quantitative estimate of drug-likeness (QED) is 0.773. The van der Waals surface area contributed by atoms with Crippen molar-refractivity contribution in [1.29, 1.82) is 0 Å². The number of carboxylic acid groups (broad SMARTS) is 1. The minimum absolute atomic E-state index is 0.0401. The van der Waals surface area contributed by atoms with Crippen LogP contribution in [0.2, 0.25) is 0 Å². The number of carboxylic acids is 1. The Morgan fingerprint density at radius 3 is 2.41 bits per heavy atom. The summed E-state index contributed by atoms with van der Waals surface area (Å²) in [6.45, 7) is 4.24. The van der Waals surface area contributed by atoms with E-state index in [9.17, 15) is 9.59 Å². The fourth-order valence-corrected chi connectivity index (χ4v) is 1.84. The largest absolute Gasteiger partial charge is 0.479 e. The molecule has 0 heterocycles. The second kappa shape index (κ2) is 9.00. The van der Waals surface area contributed by atoms with Gasteiger partial charge in [-0.05, 0) is 17.0 Å². The van der Waals surface area contributed by atoms with Crippen molar-refractivity contribution in [2.75, 3.05) is 13.7 Å². The molecule has 0 saturated heterocycles. The van der Waals surface area contributed by atoms with Crippen molar-refractivity contribution >= 4 is 18.0 Å². The van der Waals surface area contributed by atoms with Gasteiger partial charge in [-0.15, -0.1) is 0 Å². The summed E-state index contributed by atoms with van der Waals surface area (Å²) in [4.78, 5) is 22.3. The second-order valence-corrected chi connectivity index (χ2v) is 5.29. The van der Waals surface area contributed by atoms with Crippen LogP contribution in [0.5, 0.6) is 0 Å². The zero-order valence-corrected chi connectivity index (χ0v) is 13.2. The first-order chi connectivity index (χ1) is 10.4. The molecule has 0 saturated carbocycles. The van der Waals surface area contributed by atoms with Crippen molar-refractivity contribution in [1.82, 2.24) is 5.32 Å². The molecule has 0 aromatic heterocycles. The molecule has 0 aliphatic carbocycles. The Bertz CT molecular complexity index is 520. The van der Waals surface area contributed by atoms with Gasteiger partial charge in [-0.3, -0.25) is 4.79 Å². The van der Waals surface area contributed by atoms with Gasteiger partial charge in [-0.2, -0.15) is 0 Å². The van der Waals surface area contributed by atoms with Gasteiger partial charge in [0.2, 0.25) is 5.91 Å². The van der Waals surface area contributed by atoms with Gasteiger partial charge in [-0.25, -0.2) is 4.79 Å². The Morgan fingerprint density at radius 2 is 1.91 bits per heavy atom. The fourth-order valence-electron chi connectivity index (χ4n) is 1.84. The summed E-state index contributed by atoms with van der Waals surface area (Å²) in [6, 6.07) is 8.16. The first-order valence-corrected chi connectivity index (χ1v) is 7.22. The number of nitrogens with one attached hydrogen (secondary N) is 1. The lowest BCUT2D eigenvalue weighted by molar-refractivity contribution is -0.148. The monoisotopic (exact) mass is 305 g/mol. The van der Waals surface area contributed by atoms with Crippen molar-refractivity contribution < 1.29 is 19.4 Å². The lowest BCUT2D eigenvalue weighted by atomic mass is 10.0. The SMILES string of the molecule is COC(CNC(=O)C/C=C/c1ccc(C(C)C)cc1)C(=O)O. The van der Waals surface area contributed by atoms with Gasteiger partial charge in [-0.1, -0.05) is 50.3 Å². The van der Waals surface area contributed by atoms with Gasteiger partial charge in [0, 0.05) is 13.5 Å². The minimum Gasteiger partial charge on any atom is -0.479 e. The zero-order valence-electron chi connectivity index (χ0n) is 13.2. The maximum absolute atomic E-state index is 11.6. The number of rotatable bonds is 8. The highest BCUT2D eigenvalue weighted by Crippen LogP contribution is 2.15. The number of hydrogen-bond acceptors (Lipinski definition) is 3. The van der Waals surface area contributed by atoms with Gasteiger partial charge in [0.1, 0.15) is 0 Å². The molecule has 120 valence electrons. The second-order valence-electron chi connectivity index (χ2n) is 5.29. The van der Waals surface area contributed by atoms with E-state index >= 15 is 0 Å². The van der Waals surface area contributed by atoms with E-state index in [0.29, 0.717) is 5.92 Å². The van der Waals surface area contributed by atoms with E-state index in [1.54, 1.807) is 6.08 Å². The molecule has 5 heteroatoms. The molecule has 1 aromatic rings. The van der Waals surface area contributed by atoms with Crippen LogP contribution in [0.1, 0.15) is 37.3 Å². The summed E-state index contributed by atoms with van der Waals surface area (Å²) in [7, 11) is 1.30. The zero-order chi connectivity index (χ0) is 16.5. The summed E-state index contributed by atoms with van der Waals surface area (Å²) in [6.07, 6.45) is 2.80. The van der Waals surface area contributed by atoms with E-state index in [-0.39, 0.29) is 18.9 Å². The molecule has 0 aliphatic rings. The van der Waals surface area contributed by atoms with Crippen molar-refractivity contribution in [3.05, 3.63) is 41.5 Å². The average molecular weight is 305 g/mol. The Kier molecular flexibility index (Phi) is 7.32. The van der Waals surface area contributed by atoms with Crippen LogP contribution in [0, 0.1) is 0 Å². The molecule has 1 aromatic carbocycles. The summed E-state index contributed by atoms with van der Waals surface area (Å²) in [5, 5.41) is 11.3. The van der Waals surface area contributed by atoms with E-state index in [1.165, 1.54) is 12.7 Å². The molecule has 1 amide bonds. The molecule has 0 radical (unpaired) electrons. The fraction of sp³-hybridized carbons (Fsp3) is 0.412. The van der Waals surface area contributed by atoms with E-state index in [2.05, 4.69) is 31.3 Å². The Hall–Kier alpha value is -2.14. The third kappa shape index (κ3) is 6.10. The number of benzene rings is 1. The number of amides is 1. The molecular formula is C17H23NO4. The predicted molar refractivity (Wildman–Crippen MR) is 85.6 cm³/mol. The van der Waals surface area contributed by atoms with Gasteiger partial charge < -0.3 is 15.2 Å². The lowest BCUT2D eigenvalue weighted by Gasteiger charge is -2.10. The maximum atomic E-state index is 11.6. The Morgan fingerprint density at radius 1 is 1.27 bits per heavy atom. The molecule has 22 heavy (non-hydrogen) atoms. The topological polar surface area (TPSA) is 75.6 Å². The standard InChI is InChI=1S/C17H23NO4/c1-12(2)14-9-7-13(8-10-14)5-4-6-16(19)18-11-15(22-3)17(20)21/h4-5,7-10,12,15H,6,11H2,1-3H3,(H,18,19)(H,20,21)/b5-4+. The first-order valence-electron chi connectivity index (χ1n) is 7.22. The summed E-state index contributed by atoms with van der Waals surface area (Å²) in [5.41, 5.74) is 2.30. The van der Waals surface area contributed by atoms with Crippen molar-refractivity contribution in [2.45, 2.75) is 32.3 Å². The third-order valence-corrected chi connectivity index (χ3v) is 3.26. The number of hydrogen-bond donors (Lipinski definition) is 2. The third-order valence-electron chi connectivity index (χ3n) is 3.26. The minimum atomic E-state index is -1.09. The van der Waals surface area contributed by atoms with Crippen LogP contribution in [0.3, 0.4) is 0 Å². The molecule has 0 spiro atoms. The number of carbonyl (C=O) groups is 2. The van der Waals surface area contributed by atoms with Crippen LogP contribution < -0.4 is 5.32 Å². The van der Waals surface area contributed by atoms with Gasteiger partial charge in [0.25, 0.3) is 0 Å². The number of aliphatic carboxylic acids is 1. The van der Waals surface area contributed by atoms with Crippen molar-refractivity contribution in [3.8, 4) is 0 Å². The van der Waals surface area contributed by atoms with Crippen molar-refractivity contribution in [2.24, 2.45) is 0 Å². The first kappa shape index (κ1) is 17.9. The van der Waals surface area contributed by atoms with Crippen LogP contribution in [0.25, 0.3) is 6.08 Å². The normalized spacial score (nSPS) is 12.5. The van der Waals surface area contributed by atoms with Gasteiger partial charge in [0.15, 0.2) is 6.10 Å². The number of ether oxygens (including phenoxy) is 1. The Balaban J connectivity index is 2.41. The predicted octanol–water partition coefficient (Wildman–Crippen LogP) is 2.43. The smallest absolute Gasteiger partial charge is 0.334 e. The summed E-state index contributed by atoms with van der Waals surface area (Å²) >= 11 is 0. The van der Waals surface area contributed by atoms with E-state index < -0.39 is 12.1 Å². The van der Waals surface area contributed by atoms with Crippen LogP contribution in [0.15, 0.2) is 30.3 Å². The maximum Gasteiger partial charge on any atom is 0.334 e. The highest BCUT2D eigenvalue weighted by Gasteiger charge is 2.16. The summed E-state index contributed by atoms with van der Waals surface area (Å²) < 4.78 is 4.73. The average Bonchev–Trinajstić information content (AvgIpc) is 2.48. The molecule has 2 N–H and O–H groups in total. The van der Waals surface area contributed by atoms with Crippen molar-refractivity contribution in [3.63, 3.8) is 0 Å². The van der Waals surface area contributed by atoms with Crippen LogP contribution >= 0.6 is 0 Å². The van der Waals surface area contributed by atoms with Gasteiger partial charge in [0.05, 0.1) is 6.54 Å². The van der Waals surface area contributed by atoms with E-state index in [0.717, 1.165) is 5.56 Å². The molecule has 1 rings (SSSR count). The molecule has 1 unspecified atom stereocenters. The summed E-state index contributed by atoms with van der Waals surface area (Å²) in [5.74, 6) is -0.839. The molecule has 0 bridgehead atoms. The van der Waals surface area contributed by atoms with Crippen LogP contribution in [-0.4, -0.2) is 36.7 Å². The number of methoxy groups -OCH3 is 1. The van der Waals surface area contributed by atoms with E-state index in [1.807, 2.05) is 18.2 Å². The molecule has 0 fully saturated rings. The highest BCUT2D eigenvalue weighted by atomic mass is 16.5. The molecule has 5 nitrogen and oxygen atoms in total.